The molecule has 0 bridgehead atoms. The zero-order valence-electron chi connectivity index (χ0n) is 7.75. The van der Waals surface area contributed by atoms with Crippen LogP contribution >= 0.6 is 0 Å². The maximum Gasteiger partial charge on any atom is 0.326 e. The summed E-state index contributed by atoms with van der Waals surface area (Å²) in [7, 11) is 1.26. The molecule has 0 fully saturated rings. The molecule has 0 unspecified atom stereocenters. The van der Waals surface area contributed by atoms with E-state index < -0.39 is 11.4 Å². The third-order valence-corrected chi connectivity index (χ3v) is 1.78. The molecule has 3 heteroatoms. The highest BCUT2D eigenvalue weighted by molar-refractivity contribution is 5.80. The van der Waals surface area contributed by atoms with Crippen molar-refractivity contribution in [1.82, 2.24) is 0 Å². The Morgan fingerprint density at radius 1 is 1.54 bits per heavy atom. The number of ether oxygens (including phenoxy) is 1. The minimum absolute atomic E-state index is 0.280. The molecule has 0 saturated carbocycles. The van der Waals surface area contributed by atoms with E-state index in [2.05, 4.69) is 17.9 Å². The average molecular weight is 179 g/mol. The summed E-state index contributed by atoms with van der Waals surface area (Å²) in [5, 5.41) is 8.89. The van der Waals surface area contributed by atoms with E-state index in [0.717, 1.165) is 0 Å². The fraction of sp³-hybridized carbons (Fsp3) is 0.400. The van der Waals surface area contributed by atoms with Crippen LogP contribution in [0.15, 0.2) is 25.3 Å². The lowest BCUT2D eigenvalue weighted by Crippen LogP contribution is -2.29. The molecule has 0 atom stereocenters. The van der Waals surface area contributed by atoms with Crippen LogP contribution in [0, 0.1) is 16.7 Å². The highest BCUT2D eigenvalue weighted by Gasteiger charge is 2.37. The van der Waals surface area contributed by atoms with Gasteiger partial charge in [-0.1, -0.05) is 12.2 Å². The number of methoxy groups -OCH3 is 1. The number of carbonyl (C=O) groups is 1. The van der Waals surface area contributed by atoms with Gasteiger partial charge in [-0.25, -0.2) is 0 Å². The van der Waals surface area contributed by atoms with Crippen molar-refractivity contribution >= 4 is 5.97 Å². The first-order chi connectivity index (χ1) is 6.16. The van der Waals surface area contributed by atoms with Crippen molar-refractivity contribution in [2.75, 3.05) is 7.11 Å². The highest BCUT2D eigenvalue weighted by Crippen LogP contribution is 2.28. The summed E-state index contributed by atoms with van der Waals surface area (Å²) in [5.74, 6) is -0.533. The topological polar surface area (TPSA) is 50.1 Å². The minimum atomic E-state index is -1.14. The molecule has 0 N–H and O–H groups in total. The number of carbonyl (C=O) groups excluding carboxylic acids is 1. The molecule has 0 rings (SSSR count). The Balaban J connectivity index is 4.85. The minimum Gasteiger partial charge on any atom is -0.468 e. The lowest BCUT2D eigenvalue weighted by Gasteiger charge is -2.19. The fourth-order valence-electron chi connectivity index (χ4n) is 1.08. The second-order valence-electron chi connectivity index (χ2n) is 2.67. The number of hydrogen-bond donors (Lipinski definition) is 0. The Hall–Kier alpha value is -1.56. The van der Waals surface area contributed by atoms with Crippen LogP contribution < -0.4 is 0 Å². The number of nitriles is 1. The van der Waals surface area contributed by atoms with Gasteiger partial charge in [0.15, 0.2) is 5.41 Å². The molecule has 0 aliphatic carbocycles. The lowest BCUT2D eigenvalue weighted by atomic mass is 9.83. The predicted molar refractivity (Wildman–Crippen MR) is 49.7 cm³/mol. The van der Waals surface area contributed by atoms with Gasteiger partial charge < -0.3 is 4.74 Å². The van der Waals surface area contributed by atoms with Crippen LogP contribution in [0.25, 0.3) is 0 Å². The quantitative estimate of drug-likeness (QED) is 0.477. The second-order valence-corrected chi connectivity index (χ2v) is 2.67. The molecule has 0 saturated heterocycles. The SMILES string of the molecule is C=CCC(C#N)(CC=C)C(=O)OC. The molecule has 0 amide bonds. The maximum atomic E-state index is 11.3. The first kappa shape index (κ1) is 11.4. The summed E-state index contributed by atoms with van der Waals surface area (Å²) in [5.41, 5.74) is -1.14. The molecule has 0 aromatic heterocycles. The van der Waals surface area contributed by atoms with Crippen LogP contribution in [-0.4, -0.2) is 13.1 Å². The number of rotatable bonds is 5. The van der Waals surface area contributed by atoms with E-state index in [1.807, 2.05) is 6.07 Å². The van der Waals surface area contributed by atoms with Gasteiger partial charge in [-0.05, 0) is 12.8 Å². The highest BCUT2D eigenvalue weighted by atomic mass is 16.5. The van der Waals surface area contributed by atoms with Crippen LogP contribution in [0.4, 0.5) is 0 Å². The number of nitrogens with zero attached hydrogens (tertiary/aromatic N) is 1. The van der Waals surface area contributed by atoms with Crippen LogP contribution in [0.2, 0.25) is 0 Å². The van der Waals surface area contributed by atoms with Crippen molar-refractivity contribution < 1.29 is 9.53 Å². The van der Waals surface area contributed by atoms with E-state index in [9.17, 15) is 4.79 Å². The van der Waals surface area contributed by atoms with E-state index in [-0.39, 0.29) is 12.8 Å². The molecule has 0 aliphatic heterocycles. The Morgan fingerprint density at radius 3 is 2.23 bits per heavy atom. The summed E-state index contributed by atoms with van der Waals surface area (Å²) in [6.45, 7) is 7.00. The number of hydrogen-bond acceptors (Lipinski definition) is 3. The molecule has 0 spiro atoms. The average Bonchev–Trinajstić information content (AvgIpc) is 2.16. The van der Waals surface area contributed by atoms with Crippen LogP contribution in [0.1, 0.15) is 12.8 Å². The fourth-order valence-corrected chi connectivity index (χ4v) is 1.08. The van der Waals surface area contributed by atoms with E-state index >= 15 is 0 Å². The van der Waals surface area contributed by atoms with Crippen molar-refractivity contribution in [3.8, 4) is 6.07 Å². The molecular weight excluding hydrogens is 166 g/mol. The first-order valence-corrected chi connectivity index (χ1v) is 3.88. The Bertz CT molecular complexity index is 240. The van der Waals surface area contributed by atoms with Gasteiger partial charge in [0.05, 0.1) is 13.2 Å². The van der Waals surface area contributed by atoms with Gasteiger partial charge in [0, 0.05) is 0 Å². The van der Waals surface area contributed by atoms with Crippen LogP contribution in [0.5, 0.6) is 0 Å². The van der Waals surface area contributed by atoms with Gasteiger partial charge in [0.2, 0.25) is 0 Å². The molecule has 0 aliphatic rings. The zero-order chi connectivity index (χ0) is 10.3. The summed E-state index contributed by atoms with van der Waals surface area (Å²) >= 11 is 0. The van der Waals surface area contributed by atoms with E-state index in [4.69, 9.17) is 5.26 Å². The predicted octanol–water partition coefficient (Wildman–Crippen LogP) is 1.82. The molecule has 70 valence electrons. The van der Waals surface area contributed by atoms with Gasteiger partial charge in [-0.2, -0.15) is 5.26 Å². The van der Waals surface area contributed by atoms with Gasteiger partial charge in [0.1, 0.15) is 0 Å². The summed E-state index contributed by atoms with van der Waals surface area (Å²) in [6, 6.07) is 1.95. The molecule has 0 radical (unpaired) electrons. The third kappa shape index (κ3) is 2.45. The second kappa shape index (κ2) is 5.15. The maximum absolute atomic E-state index is 11.3. The van der Waals surface area contributed by atoms with Crippen molar-refractivity contribution in [2.45, 2.75) is 12.8 Å². The number of allylic oxidation sites excluding steroid dienone is 2. The van der Waals surface area contributed by atoms with Gasteiger partial charge in [0.25, 0.3) is 0 Å². The van der Waals surface area contributed by atoms with Gasteiger partial charge in [-0.3, -0.25) is 4.79 Å². The zero-order valence-corrected chi connectivity index (χ0v) is 7.75. The van der Waals surface area contributed by atoms with Gasteiger partial charge >= 0.3 is 5.97 Å². The Labute approximate surface area is 78.3 Å². The normalized spacial score (nSPS) is 9.85. The third-order valence-electron chi connectivity index (χ3n) is 1.78. The standard InChI is InChI=1S/C10H13NO2/c1-4-6-10(8-11,7-5-2)9(12)13-3/h4-5H,1-2,6-7H2,3H3. The van der Waals surface area contributed by atoms with Crippen molar-refractivity contribution in [2.24, 2.45) is 5.41 Å². The molecule has 0 aromatic rings. The van der Waals surface area contributed by atoms with Gasteiger partial charge in [-0.15, -0.1) is 13.2 Å². The summed E-state index contributed by atoms with van der Waals surface area (Å²) in [4.78, 5) is 11.3. The molecule has 0 heterocycles. The summed E-state index contributed by atoms with van der Waals surface area (Å²) in [6.07, 6.45) is 3.62. The van der Waals surface area contributed by atoms with Crippen molar-refractivity contribution in [3.05, 3.63) is 25.3 Å². The molecule has 13 heavy (non-hydrogen) atoms. The van der Waals surface area contributed by atoms with Crippen molar-refractivity contribution in [3.63, 3.8) is 0 Å². The molecule has 3 nitrogen and oxygen atoms in total. The monoisotopic (exact) mass is 179 g/mol. The van der Waals surface area contributed by atoms with Crippen LogP contribution in [-0.2, 0) is 9.53 Å². The lowest BCUT2D eigenvalue weighted by molar-refractivity contribution is -0.149. The van der Waals surface area contributed by atoms with E-state index in [1.54, 1.807) is 0 Å². The Kier molecular flexibility index (Phi) is 4.53. The van der Waals surface area contributed by atoms with Crippen LogP contribution in [0.3, 0.4) is 0 Å². The van der Waals surface area contributed by atoms with E-state index in [1.165, 1.54) is 19.3 Å². The number of esters is 1. The smallest absolute Gasteiger partial charge is 0.326 e. The molecule has 0 aromatic carbocycles. The summed E-state index contributed by atoms with van der Waals surface area (Å²) < 4.78 is 4.55. The Morgan fingerprint density at radius 2 is 2.00 bits per heavy atom. The van der Waals surface area contributed by atoms with E-state index in [0.29, 0.717) is 0 Å². The molecular formula is C10H13NO2. The van der Waals surface area contributed by atoms with Crippen molar-refractivity contribution in [1.29, 1.82) is 5.26 Å². The largest absolute Gasteiger partial charge is 0.468 e. The first-order valence-electron chi connectivity index (χ1n) is 3.88.